The molecule has 1 saturated carbocycles. The summed E-state index contributed by atoms with van der Waals surface area (Å²) in [6.45, 7) is -1.64. The second kappa shape index (κ2) is 6.51. The van der Waals surface area contributed by atoms with Gasteiger partial charge in [-0.3, -0.25) is 4.79 Å². The average Bonchev–Trinajstić information content (AvgIpc) is 2.94. The number of alkyl halides is 3. The Bertz CT molecular complexity index is 528. The molecule has 1 aromatic heterocycles. The van der Waals surface area contributed by atoms with Crippen LogP contribution in [-0.2, 0) is 0 Å². The fourth-order valence-corrected chi connectivity index (χ4v) is 2.46. The number of hydrogen-bond donors (Lipinski definition) is 2. The third-order valence-corrected chi connectivity index (χ3v) is 3.58. The first-order valence-electron chi connectivity index (χ1n) is 6.94. The predicted octanol–water partition coefficient (Wildman–Crippen LogP) is 2.06. The minimum atomic E-state index is -4.47. The van der Waals surface area contributed by atoms with E-state index in [0.29, 0.717) is 12.8 Å². The van der Waals surface area contributed by atoms with E-state index in [2.05, 4.69) is 15.0 Å². The molecule has 1 fully saturated rings. The highest BCUT2D eigenvalue weighted by molar-refractivity contribution is 5.93. The van der Waals surface area contributed by atoms with Gasteiger partial charge in [-0.2, -0.15) is 13.2 Å². The van der Waals surface area contributed by atoms with Gasteiger partial charge < -0.3 is 15.2 Å². The van der Waals surface area contributed by atoms with Crippen LogP contribution in [0.4, 0.5) is 13.2 Å². The lowest BCUT2D eigenvalue weighted by atomic mass is 9.98. The van der Waals surface area contributed by atoms with Gasteiger partial charge in [-0.05, 0) is 18.9 Å². The number of hydrogen-bond acceptors (Lipinski definition) is 4. The van der Waals surface area contributed by atoms with Crippen LogP contribution in [0, 0.1) is 0 Å². The van der Waals surface area contributed by atoms with Crippen molar-refractivity contribution < 1.29 is 27.8 Å². The second-order valence-corrected chi connectivity index (χ2v) is 5.36. The molecule has 122 valence electrons. The molecule has 0 saturated heterocycles. The standard InChI is InChI=1S/C14H17F3N2O3/c15-14(16,17)9-22-11-5-3-4-10(18-11)12(21)19-13(8-20)6-1-2-7-13/h3-5,20H,1-2,6-9H2,(H,19,21). The van der Waals surface area contributed by atoms with Crippen LogP contribution in [0.5, 0.6) is 5.88 Å². The Morgan fingerprint density at radius 2 is 2.05 bits per heavy atom. The molecule has 2 rings (SSSR count). The van der Waals surface area contributed by atoms with Crippen molar-refractivity contribution in [2.75, 3.05) is 13.2 Å². The van der Waals surface area contributed by atoms with Gasteiger partial charge in [-0.25, -0.2) is 4.98 Å². The number of aliphatic hydroxyl groups is 1. The third-order valence-electron chi connectivity index (χ3n) is 3.58. The number of amides is 1. The predicted molar refractivity (Wildman–Crippen MR) is 71.5 cm³/mol. The minimum Gasteiger partial charge on any atom is -0.468 e. The molecule has 8 heteroatoms. The quantitative estimate of drug-likeness (QED) is 0.872. The van der Waals surface area contributed by atoms with Crippen molar-refractivity contribution in [2.45, 2.75) is 37.4 Å². The van der Waals surface area contributed by atoms with Gasteiger partial charge in [0.25, 0.3) is 5.91 Å². The lowest BCUT2D eigenvalue weighted by Crippen LogP contribution is -2.49. The topological polar surface area (TPSA) is 71.5 Å². The maximum absolute atomic E-state index is 12.2. The molecule has 5 nitrogen and oxygen atoms in total. The highest BCUT2D eigenvalue weighted by Gasteiger charge is 2.35. The fourth-order valence-electron chi connectivity index (χ4n) is 2.46. The summed E-state index contributed by atoms with van der Waals surface area (Å²) in [6.07, 6.45) is -1.32. The van der Waals surface area contributed by atoms with Gasteiger partial charge in [0, 0.05) is 6.07 Å². The van der Waals surface area contributed by atoms with E-state index in [1.54, 1.807) is 0 Å². The summed E-state index contributed by atoms with van der Waals surface area (Å²) in [6, 6.07) is 4.03. The van der Waals surface area contributed by atoms with Crippen molar-refractivity contribution in [2.24, 2.45) is 0 Å². The van der Waals surface area contributed by atoms with Gasteiger partial charge in [0.2, 0.25) is 5.88 Å². The average molecular weight is 318 g/mol. The van der Waals surface area contributed by atoms with Crippen LogP contribution in [-0.4, -0.2) is 40.9 Å². The van der Waals surface area contributed by atoms with Crippen molar-refractivity contribution in [3.05, 3.63) is 23.9 Å². The van der Waals surface area contributed by atoms with Crippen molar-refractivity contribution >= 4 is 5.91 Å². The second-order valence-electron chi connectivity index (χ2n) is 5.36. The number of aromatic nitrogens is 1. The number of pyridine rings is 1. The largest absolute Gasteiger partial charge is 0.468 e. The zero-order chi connectivity index (χ0) is 16.2. The summed E-state index contributed by atoms with van der Waals surface area (Å²) in [4.78, 5) is 15.9. The van der Waals surface area contributed by atoms with Crippen molar-refractivity contribution in [1.82, 2.24) is 10.3 Å². The molecule has 1 amide bonds. The van der Waals surface area contributed by atoms with E-state index in [1.165, 1.54) is 18.2 Å². The summed E-state index contributed by atoms with van der Waals surface area (Å²) in [5.74, 6) is -0.803. The highest BCUT2D eigenvalue weighted by Crippen LogP contribution is 2.29. The molecule has 1 aromatic rings. The zero-order valence-electron chi connectivity index (χ0n) is 11.8. The number of nitrogens with zero attached hydrogens (tertiary/aromatic N) is 1. The Morgan fingerprint density at radius 1 is 1.36 bits per heavy atom. The number of halogens is 3. The maximum atomic E-state index is 12.2. The first-order valence-corrected chi connectivity index (χ1v) is 6.94. The lowest BCUT2D eigenvalue weighted by molar-refractivity contribution is -0.154. The SMILES string of the molecule is O=C(NC1(CO)CCCC1)c1cccc(OCC(F)(F)F)n1. The summed E-state index contributed by atoms with van der Waals surface area (Å²) < 4.78 is 40.8. The van der Waals surface area contributed by atoms with E-state index in [-0.39, 0.29) is 18.2 Å². The smallest absolute Gasteiger partial charge is 0.422 e. The molecule has 0 spiro atoms. The first-order chi connectivity index (χ1) is 10.3. The third kappa shape index (κ3) is 4.33. The normalized spacial score (nSPS) is 17.3. The van der Waals surface area contributed by atoms with Gasteiger partial charge in [0.05, 0.1) is 12.1 Å². The Kier molecular flexibility index (Phi) is 4.90. The number of ether oxygens (including phenoxy) is 1. The minimum absolute atomic E-state index is 0.0422. The first kappa shape index (κ1) is 16.5. The summed E-state index contributed by atoms with van der Waals surface area (Å²) >= 11 is 0. The van der Waals surface area contributed by atoms with E-state index in [1.807, 2.05) is 0 Å². The van der Waals surface area contributed by atoms with Crippen molar-refractivity contribution in [3.63, 3.8) is 0 Å². The van der Waals surface area contributed by atoms with Gasteiger partial charge >= 0.3 is 6.18 Å². The molecule has 0 unspecified atom stereocenters. The molecule has 0 bridgehead atoms. The van der Waals surface area contributed by atoms with Crippen LogP contribution in [0.2, 0.25) is 0 Å². The van der Waals surface area contributed by atoms with Crippen molar-refractivity contribution in [3.8, 4) is 5.88 Å². The fraction of sp³-hybridized carbons (Fsp3) is 0.571. The molecule has 1 aliphatic rings. The molecule has 2 N–H and O–H groups in total. The lowest BCUT2D eigenvalue weighted by Gasteiger charge is -2.27. The van der Waals surface area contributed by atoms with Crippen molar-refractivity contribution in [1.29, 1.82) is 0 Å². The van der Waals surface area contributed by atoms with Gasteiger partial charge in [-0.15, -0.1) is 0 Å². The zero-order valence-corrected chi connectivity index (χ0v) is 11.8. The van der Waals surface area contributed by atoms with Crippen LogP contribution >= 0.6 is 0 Å². The molecule has 0 aliphatic heterocycles. The number of rotatable bonds is 5. The van der Waals surface area contributed by atoms with Gasteiger partial charge in [0.1, 0.15) is 5.69 Å². The molecular formula is C14H17F3N2O3. The molecule has 1 heterocycles. The summed E-state index contributed by atoms with van der Waals surface area (Å²) in [7, 11) is 0. The monoisotopic (exact) mass is 318 g/mol. The van der Waals surface area contributed by atoms with Crippen LogP contribution in [0.3, 0.4) is 0 Å². The Balaban J connectivity index is 2.03. The number of aliphatic hydroxyl groups excluding tert-OH is 1. The molecule has 1 aliphatic carbocycles. The highest BCUT2D eigenvalue weighted by atomic mass is 19.4. The number of nitrogens with one attached hydrogen (secondary N) is 1. The molecular weight excluding hydrogens is 301 g/mol. The number of carbonyl (C=O) groups excluding carboxylic acids is 1. The van der Waals surface area contributed by atoms with E-state index in [0.717, 1.165) is 12.8 Å². The van der Waals surface area contributed by atoms with Crippen LogP contribution in [0.1, 0.15) is 36.2 Å². The van der Waals surface area contributed by atoms with Crippen LogP contribution in [0.25, 0.3) is 0 Å². The van der Waals surface area contributed by atoms with Crippen LogP contribution in [0.15, 0.2) is 18.2 Å². The number of carbonyl (C=O) groups is 1. The molecule has 22 heavy (non-hydrogen) atoms. The Morgan fingerprint density at radius 3 is 2.64 bits per heavy atom. The van der Waals surface area contributed by atoms with E-state index in [4.69, 9.17) is 0 Å². The summed E-state index contributed by atoms with van der Waals surface area (Å²) in [5.41, 5.74) is -0.707. The maximum Gasteiger partial charge on any atom is 0.422 e. The van der Waals surface area contributed by atoms with Gasteiger partial charge in [0.15, 0.2) is 6.61 Å². The van der Waals surface area contributed by atoms with E-state index < -0.39 is 24.2 Å². The van der Waals surface area contributed by atoms with Gasteiger partial charge in [-0.1, -0.05) is 18.9 Å². The van der Waals surface area contributed by atoms with Crippen LogP contribution < -0.4 is 10.1 Å². The van der Waals surface area contributed by atoms with E-state index in [9.17, 15) is 23.1 Å². The summed E-state index contributed by atoms with van der Waals surface area (Å²) in [5, 5.41) is 12.2. The Hall–Kier alpha value is -1.83. The Labute approximate surface area is 125 Å². The van der Waals surface area contributed by atoms with E-state index >= 15 is 0 Å². The molecule has 0 atom stereocenters. The molecule has 0 aromatic carbocycles. The molecule has 0 radical (unpaired) electrons.